The number of aliphatic carboxylic acids is 1. The van der Waals surface area contributed by atoms with Crippen LogP contribution in [0.25, 0.3) is 10.8 Å². The molecule has 0 fully saturated rings. The zero-order valence-corrected chi connectivity index (χ0v) is 13.2. The van der Waals surface area contributed by atoms with Crippen LogP contribution in [-0.4, -0.2) is 22.1 Å². The van der Waals surface area contributed by atoms with Crippen molar-refractivity contribution in [2.45, 2.75) is 12.5 Å². The fourth-order valence-electron chi connectivity index (χ4n) is 2.64. The van der Waals surface area contributed by atoms with Gasteiger partial charge < -0.3 is 9.84 Å². The van der Waals surface area contributed by atoms with E-state index < -0.39 is 17.0 Å². The molecule has 0 spiro atoms. The van der Waals surface area contributed by atoms with E-state index in [0.717, 1.165) is 10.8 Å². The monoisotopic (exact) mass is 337 g/mol. The molecule has 3 aromatic carbocycles. The molecule has 0 saturated heterocycles. The van der Waals surface area contributed by atoms with Crippen LogP contribution in [0.1, 0.15) is 5.56 Å². The van der Waals surface area contributed by atoms with E-state index in [4.69, 9.17) is 4.74 Å². The maximum atomic E-state index is 11.6. The Hall–Kier alpha value is -3.41. The van der Waals surface area contributed by atoms with Crippen LogP contribution in [0.15, 0.2) is 66.7 Å². The number of carbonyl (C=O) groups is 1. The van der Waals surface area contributed by atoms with Gasteiger partial charge in [-0.2, -0.15) is 0 Å². The van der Waals surface area contributed by atoms with Gasteiger partial charge in [0.25, 0.3) is 5.69 Å². The van der Waals surface area contributed by atoms with E-state index in [1.165, 1.54) is 18.2 Å². The molecular weight excluding hydrogens is 322 g/mol. The predicted molar refractivity (Wildman–Crippen MR) is 92.8 cm³/mol. The fraction of sp³-hybridized carbons (Fsp3) is 0.105. The largest absolute Gasteiger partial charge is 0.478 e. The van der Waals surface area contributed by atoms with Gasteiger partial charge in [-0.25, -0.2) is 4.79 Å². The van der Waals surface area contributed by atoms with E-state index in [1.54, 1.807) is 18.2 Å². The summed E-state index contributed by atoms with van der Waals surface area (Å²) in [5.41, 5.74) is 0.452. The minimum absolute atomic E-state index is 0.0280. The normalized spacial score (nSPS) is 11.8. The van der Waals surface area contributed by atoms with Crippen LogP contribution in [-0.2, 0) is 11.2 Å². The van der Waals surface area contributed by atoms with E-state index in [9.17, 15) is 20.0 Å². The highest BCUT2D eigenvalue weighted by Gasteiger charge is 2.22. The molecule has 0 radical (unpaired) electrons. The Labute approximate surface area is 143 Å². The molecule has 0 aliphatic rings. The van der Waals surface area contributed by atoms with Crippen LogP contribution in [0.3, 0.4) is 0 Å². The summed E-state index contributed by atoms with van der Waals surface area (Å²) in [5, 5.41) is 22.1. The Kier molecular flexibility index (Phi) is 4.61. The Morgan fingerprint density at radius 2 is 1.80 bits per heavy atom. The number of ether oxygens (including phenoxy) is 1. The summed E-state index contributed by atoms with van der Waals surface area (Å²) in [7, 11) is 0. The standard InChI is InChI=1S/C19H15NO5/c21-19(22)18(12-13-5-3-8-15(11-13)20(23)24)25-17-10-4-7-14-6-1-2-9-16(14)17/h1-11,18H,12H2,(H,21,22)/t18-/m0/s1. The summed E-state index contributed by atoms with van der Waals surface area (Å²) in [6, 6.07) is 18.9. The molecule has 1 atom stereocenters. The first-order valence-electron chi connectivity index (χ1n) is 7.65. The highest BCUT2D eigenvalue weighted by molar-refractivity contribution is 5.88. The molecule has 0 aliphatic carbocycles. The second kappa shape index (κ2) is 7.00. The van der Waals surface area contributed by atoms with Gasteiger partial charge in [0, 0.05) is 23.9 Å². The minimum atomic E-state index is -1.15. The number of hydrogen-bond acceptors (Lipinski definition) is 4. The summed E-state index contributed by atoms with van der Waals surface area (Å²) in [5.74, 6) is -0.657. The van der Waals surface area contributed by atoms with Gasteiger partial charge in [-0.15, -0.1) is 0 Å². The Bertz CT molecular complexity index is 933. The van der Waals surface area contributed by atoms with Crippen molar-refractivity contribution in [1.29, 1.82) is 0 Å². The zero-order valence-electron chi connectivity index (χ0n) is 13.2. The van der Waals surface area contributed by atoms with Crippen molar-refractivity contribution in [2.24, 2.45) is 0 Å². The smallest absolute Gasteiger partial charge is 0.345 e. The fourth-order valence-corrected chi connectivity index (χ4v) is 2.64. The van der Waals surface area contributed by atoms with Gasteiger partial charge >= 0.3 is 5.97 Å². The molecule has 6 heteroatoms. The van der Waals surface area contributed by atoms with Crippen molar-refractivity contribution in [1.82, 2.24) is 0 Å². The summed E-state index contributed by atoms with van der Waals surface area (Å²) < 4.78 is 5.72. The SMILES string of the molecule is O=C(O)[C@H](Cc1cccc([N+](=O)[O-])c1)Oc1cccc2ccccc12. The van der Waals surface area contributed by atoms with Crippen molar-refractivity contribution in [3.05, 3.63) is 82.4 Å². The first-order valence-corrected chi connectivity index (χ1v) is 7.65. The Balaban J connectivity index is 1.88. The van der Waals surface area contributed by atoms with Crippen LogP contribution < -0.4 is 4.74 Å². The van der Waals surface area contributed by atoms with Crippen molar-refractivity contribution < 1.29 is 19.6 Å². The molecular formula is C19H15NO5. The molecule has 0 unspecified atom stereocenters. The molecule has 1 N–H and O–H groups in total. The first-order chi connectivity index (χ1) is 12.0. The summed E-state index contributed by atoms with van der Waals surface area (Å²) >= 11 is 0. The third-order valence-corrected chi connectivity index (χ3v) is 3.84. The molecule has 6 nitrogen and oxygen atoms in total. The minimum Gasteiger partial charge on any atom is -0.478 e. The molecule has 25 heavy (non-hydrogen) atoms. The van der Waals surface area contributed by atoms with Crippen molar-refractivity contribution in [3.8, 4) is 5.75 Å². The maximum absolute atomic E-state index is 11.6. The molecule has 0 bridgehead atoms. The number of nitrogens with zero attached hydrogens (tertiary/aromatic N) is 1. The lowest BCUT2D eigenvalue weighted by atomic mass is 10.1. The van der Waals surface area contributed by atoms with Crippen LogP contribution in [0.4, 0.5) is 5.69 Å². The number of nitro benzene ring substituents is 1. The lowest BCUT2D eigenvalue weighted by Gasteiger charge is -2.16. The van der Waals surface area contributed by atoms with Gasteiger partial charge in [-0.05, 0) is 17.0 Å². The Morgan fingerprint density at radius 3 is 2.56 bits per heavy atom. The molecule has 0 heterocycles. The van der Waals surface area contributed by atoms with Gasteiger partial charge in [0.1, 0.15) is 5.75 Å². The van der Waals surface area contributed by atoms with Gasteiger partial charge in [0.2, 0.25) is 0 Å². The number of carboxylic acid groups (broad SMARTS) is 1. The van der Waals surface area contributed by atoms with Crippen molar-refractivity contribution >= 4 is 22.4 Å². The first kappa shape index (κ1) is 16.4. The maximum Gasteiger partial charge on any atom is 0.345 e. The van der Waals surface area contributed by atoms with E-state index in [-0.39, 0.29) is 12.1 Å². The molecule has 0 aromatic heterocycles. The van der Waals surface area contributed by atoms with Gasteiger partial charge in [-0.3, -0.25) is 10.1 Å². The number of nitro groups is 1. The third kappa shape index (κ3) is 3.74. The summed E-state index contributed by atoms with van der Waals surface area (Å²) in [6.45, 7) is 0. The number of benzene rings is 3. The molecule has 3 aromatic rings. The van der Waals surface area contributed by atoms with Gasteiger partial charge in [0.15, 0.2) is 6.10 Å². The second-order valence-electron chi connectivity index (χ2n) is 5.55. The van der Waals surface area contributed by atoms with Crippen molar-refractivity contribution in [2.75, 3.05) is 0 Å². The van der Waals surface area contributed by atoms with Gasteiger partial charge in [-0.1, -0.05) is 48.5 Å². The molecule has 0 saturated carbocycles. The summed E-state index contributed by atoms with van der Waals surface area (Å²) in [6.07, 6.45) is -1.12. The topological polar surface area (TPSA) is 89.7 Å². The number of rotatable bonds is 6. The number of non-ortho nitro benzene ring substituents is 1. The van der Waals surface area contributed by atoms with E-state index >= 15 is 0 Å². The van der Waals surface area contributed by atoms with Crippen molar-refractivity contribution in [3.63, 3.8) is 0 Å². The predicted octanol–water partition coefficient (Wildman–Crippen LogP) is 3.82. The average Bonchev–Trinajstić information content (AvgIpc) is 2.61. The number of hydrogen-bond donors (Lipinski definition) is 1. The van der Waals surface area contributed by atoms with E-state index in [1.807, 2.05) is 30.3 Å². The molecule has 0 aliphatic heterocycles. The van der Waals surface area contributed by atoms with Crippen LogP contribution in [0, 0.1) is 10.1 Å². The average molecular weight is 337 g/mol. The number of fused-ring (bicyclic) bond motifs is 1. The second-order valence-corrected chi connectivity index (χ2v) is 5.55. The van der Waals surface area contributed by atoms with Crippen LogP contribution >= 0.6 is 0 Å². The molecule has 0 amide bonds. The molecule has 126 valence electrons. The zero-order chi connectivity index (χ0) is 17.8. The molecule has 3 rings (SSSR count). The van der Waals surface area contributed by atoms with E-state index in [2.05, 4.69) is 0 Å². The summed E-state index contributed by atoms with van der Waals surface area (Å²) in [4.78, 5) is 22.0. The lowest BCUT2D eigenvalue weighted by Crippen LogP contribution is -2.29. The lowest BCUT2D eigenvalue weighted by molar-refractivity contribution is -0.384. The third-order valence-electron chi connectivity index (χ3n) is 3.84. The highest BCUT2D eigenvalue weighted by Crippen LogP contribution is 2.27. The van der Waals surface area contributed by atoms with Crippen LogP contribution in [0.2, 0.25) is 0 Å². The highest BCUT2D eigenvalue weighted by atomic mass is 16.6. The van der Waals surface area contributed by atoms with E-state index in [0.29, 0.717) is 11.3 Å². The number of carboxylic acids is 1. The van der Waals surface area contributed by atoms with Crippen LogP contribution in [0.5, 0.6) is 5.75 Å². The quantitative estimate of drug-likeness (QED) is 0.545. The Morgan fingerprint density at radius 1 is 1.08 bits per heavy atom. The van der Waals surface area contributed by atoms with Gasteiger partial charge in [0.05, 0.1) is 4.92 Å².